The summed E-state index contributed by atoms with van der Waals surface area (Å²) in [7, 11) is 0. The topological polar surface area (TPSA) is 0 Å². The molecule has 0 heteroatoms. The molecule has 0 spiro atoms. The minimum atomic E-state index is 0.513. The molecule has 124 valence electrons. The summed E-state index contributed by atoms with van der Waals surface area (Å²) in [5.74, 6) is 0. The molecule has 0 heterocycles. The molecule has 1 aromatic rings. The molecule has 0 aromatic heterocycles. The van der Waals surface area contributed by atoms with E-state index >= 15 is 0 Å². The molecule has 1 aliphatic rings. The van der Waals surface area contributed by atoms with E-state index in [2.05, 4.69) is 51.1 Å². The lowest BCUT2D eigenvalue weighted by Crippen LogP contribution is -2.27. The average Bonchev–Trinajstić information content (AvgIpc) is 2.60. The van der Waals surface area contributed by atoms with Crippen LogP contribution in [0.25, 0.3) is 0 Å². The SMILES string of the molecule is CC.CC.CCC.CCC1(c2ccccc2)CCCCC1. The van der Waals surface area contributed by atoms with Crippen LogP contribution in [-0.2, 0) is 5.41 Å². The maximum Gasteiger partial charge on any atom is -0.00496 e. The minimum Gasteiger partial charge on any atom is -0.0683 e. The second-order valence-electron chi connectivity index (χ2n) is 5.27. The van der Waals surface area contributed by atoms with Crippen LogP contribution in [0.3, 0.4) is 0 Å². The van der Waals surface area contributed by atoms with Gasteiger partial charge in [0.2, 0.25) is 0 Å². The van der Waals surface area contributed by atoms with Crippen LogP contribution in [0, 0.1) is 0 Å². The molecule has 0 saturated heterocycles. The Hall–Kier alpha value is -0.780. The Kier molecular flexibility index (Phi) is 16.7. The first-order valence-electron chi connectivity index (χ1n) is 9.34. The average molecular weight is 293 g/mol. The molecule has 0 radical (unpaired) electrons. The van der Waals surface area contributed by atoms with E-state index in [9.17, 15) is 0 Å². The van der Waals surface area contributed by atoms with Crippen LogP contribution in [0.4, 0.5) is 0 Å². The second kappa shape index (κ2) is 15.6. The van der Waals surface area contributed by atoms with Crippen molar-refractivity contribution in [3.63, 3.8) is 0 Å². The zero-order chi connectivity index (χ0) is 16.6. The zero-order valence-corrected chi connectivity index (χ0v) is 15.8. The van der Waals surface area contributed by atoms with Gasteiger partial charge in [-0.05, 0) is 30.2 Å². The molecule has 1 aromatic carbocycles. The lowest BCUT2D eigenvalue weighted by molar-refractivity contribution is 0.283. The standard InChI is InChI=1S/C14H20.C3H8.2C2H6/c1-2-14(11-7-4-8-12-14)13-9-5-3-6-10-13;1-3-2;2*1-2/h3,5-6,9-10H,2,4,7-8,11-12H2,1H3;3H2,1-2H3;2*1-2H3. The Bertz CT molecular complexity index is 280. The molecule has 1 fully saturated rings. The van der Waals surface area contributed by atoms with E-state index in [4.69, 9.17) is 0 Å². The van der Waals surface area contributed by atoms with Crippen LogP contribution in [-0.4, -0.2) is 0 Å². The highest BCUT2D eigenvalue weighted by atomic mass is 14.4. The zero-order valence-electron chi connectivity index (χ0n) is 15.8. The minimum absolute atomic E-state index is 0.513. The smallest absolute Gasteiger partial charge is 0.00496 e. The summed E-state index contributed by atoms with van der Waals surface area (Å²) >= 11 is 0. The van der Waals surface area contributed by atoms with Gasteiger partial charge >= 0.3 is 0 Å². The lowest BCUT2D eigenvalue weighted by Gasteiger charge is -2.37. The molecule has 0 bridgehead atoms. The van der Waals surface area contributed by atoms with Gasteiger partial charge in [0.25, 0.3) is 0 Å². The van der Waals surface area contributed by atoms with Gasteiger partial charge in [0.05, 0.1) is 0 Å². The van der Waals surface area contributed by atoms with E-state index in [1.165, 1.54) is 44.9 Å². The van der Waals surface area contributed by atoms with Crippen LogP contribution >= 0.6 is 0 Å². The molecular weight excluding hydrogens is 252 g/mol. The van der Waals surface area contributed by atoms with Crippen molar-refractivity contribution in [2.75, 3.05) is 0 Å². The summed E-state index contributed by atoms with van der Waals surface area (Å²) in [5.41, 5.74) is 2.08. The van der Waals surface area contributed by atoms with E-state index in [0.29, 0.717) is 5.41 Å². The van der Waals surface area contributed by atoms with E-state index in [1.54, 1.807) is 5.56 Å². The highest BCUT2D eigenvalue weighted by molar-refractivity contribution is 5.25. The monoisotopic (exact) mass is 292 g/mol. The third kappa shape index (κ3) is 8.29. The predicted molar refractivity (Wildman–Crippen MR) is 100 cm³/mol. The molecule has 0 atom stereocenters. The Balaban J connectivity index is 0. The van der Waals surface area contributed by atoms with E-state index in [0.717, 1.165) is 0 Å². The number of benzene rings is 1. The van der Waals surface area contributed by atoms with Gasteiger partial charge in [0.15, 0.2) is 0 Å². The maximum atomic E-state index is 2.35. The summed E-state index contributed by atoms with van der Waals surface area (Å²) in [6, 6.07) is 11.1. The molecule has 1 saturated carbocycles. The van der Waals surface area contributed by atoms with Crippen LogP contribution < -0.4 is 0 Å². The quantitative estimate of drug-likeness (QED) is 0.522. The first-order chi connectivity index (χ1) is 10.3. The summed E-state index contributed by atoms with van der Waals surface area (Å²) in [5, 5.41) is 0. The van der Waals surface area contributed by atoms with Crippen molar-refractivity contribution >= 4 is 0 Å². The Morgan fingerprint density at radius 3 is 1.57 bits per heavy atom. The predicted octanol–water partition coefficient (Wildman–Crippen LogP) is 7.77. The van der Waals surface area contributed by atoms with Crippen molar-refractivity contribution in [2.24, 2.45) is 0 Å². The summed E-state index contributed by atoms with van der Waals surface area (Å²) < 4.78 is 0. The Morgan fingerprint density at radius 1 is 0.762 bits per heavy atom. The Morgan fingerprint density at radius 2 is 1.19 bits per heavy atom. The third-order valence-corrected chi connectivity index (χ3v) is 3.87. The van der Waals surface area contributed by atoms with Gasteiger partial charge < -0.3 is 0 Å². The van der Waals surface area contributed by atoms with E-state index in [1.807, 2.05) is 27.7 Å². The van der Waals surface area contributed by atoms with Gasteiger partial charge in [-0.2, -0.15) is 0 Å². The molecule has 0 amide bonds. The number of rotatable bonds is 2. The molecule has 0 N–H and O–H groups in total. The molecule has 0 nitrogen and oxygen atoms in total. The molecule has 21 heavy (non-hydrogen) atoms. The van der Waals surface area contributed by atoms with Crippen LogP contribution in [0.2, 0.25) is 0 Å². The summed E-state index contributed by atoms with van der Waals surface area (Å²) in [4.78, 5) is 0. The highest BCUT2D eigenvalue weighted by Crippen LogP contribution is 2.41. The fourth-order valence-corrected chi connectivity index (χ4v) is 2.87. The number of hydrogen-bond acceptors (Lipinski definition) is 0. The molecule has 0 unspecified atom stereocenters. The second-order valence-corrected chi connectivity index (χ2v) is 5.27. The van der Waals surface area contributed by atoms with Gasteiger partial charge in [0, 0.05) is 0 Å². The van der Waals surface area contributed by atoms with Crippen molar-refractivity contribution in [2.45, 2.75) is 98.8 Å². The lowest BCUT2D eigenvalue weighted by atomic mass is 9.68. The summed E-state index contributed by atoms with van der Waals surface area (Å²) in [6.45, 7) is 14.6. The summed E-state index contributed by atoms with van der Waals surface area (Å²) in [6.07, 6.45) is 9.62. The third-order valence-electron chi connectivity index (χ3n) is 3.87. The first-order valence-corrected chi connectivity index (χ1v) is 9.34. The van der Waals surface area contributed by atoms with Crippen molar-refractivity contribution in [3.8, 4) is 0 Å². The van der Waals surface area contributed by atoms with Gasteiger partial charge in [0.1, 0.15) is 0 Å². The fraction of sp³-hybridized carbons (Fsp3) is 0.714. The molecule has 1 aliphatic carbocycles. The molecule has 2 rings (SSSR count). The van der Waals surface area contributed by atoms with Crippen molar-refractivity contribution in [1.82, 2.24) is 0 Å². The molecule has 0 aliphatic heterocycles. The largest absolute Gasteiger partial charge is 0.0683 e. The van der Waals surface area contributed by atoms with Gasteiger partial charge in [-0.1, -0.05) is 104 Å². The van der Waals surface area contributed by atoms with E-state index < -0.39 is 0 Å². The van der Waals surface area contributed by atoms with Gasteiger partial charge in [-0.3, -0.25) is 0 Å². The number of hydrogen-bond donors (Lipinski definition) is 0. The van der Waals surface area contributed by atoms with Crippen molar-refractivity contribution < 1.29 is 0 Å². The first kappa shape index (κ1) is 22.5. The van der Waals surface area contributed by atoms with Crippen molar-refractivity contribution in [1.29, 1.82) is 0 Å². The van der Waals surface area contributed by atoms with Gasteiger partial charge in [-0.15, -0.1) is 0 Å². The van der Waals surface area contributed by atoms with Crippen LogP contribution in [0.15, 0.2) is 30.3 Å². The van der Waals surface area contributed by atoms with E-state index in [-0.39, 0.29) is 0 Å². The van der Waals surface area contributed by atoms with Crippen molar-refractivity contribution in [3.05, 3.63) is 35.9 Å². The molecular formula is C21H40. The van der Waals surface area contributed by atoms with Gasteiger partial charge in [-0.25, -0.2) is 0 Å². The van der Waals surface area contributed by atoms with Crippen LogP contribution in [0.5, 0.6) is 0 Å². The van der Waals surface area contributed by atoms with Crippen LogP contribution in [0.1, 0.15) is 99.0 Å². The highest BCUT2D eigenvalue weighted by Gasteiger charge is 2.31. The Labute approximate surface area is 135 Å². The maximum absolute atomic E-state index is 2.35. The fourth-order valence-electron chi connectivity index (χ4n) is 2.87. The normalized spacial score (nSPS) is 15.2.